The highest BCUT2D eigenvalue weighted by Gasteiger charge is 2.14. The third-order valence-corrected chi connectivity index (χ3v) is 4.10. The lowest BCUT2D eigenvalue weighted by molar-refractivity contribution is 0.0940. The van der Waals surface area contributed by atoms with Crippen LogP contribution in [-0.4, -0.2) is 19.6 Å². The Morgan fingerprint density at radius 2 is 2.14 bits per heavy atom. The second-order valence-electron chi connectivity index (χ2n) is 4.51. The molecule has 0 aliphatic rings. The van der Waals surface area contributed by atoms with E-state index in [1.165, 1.54) is 0 Å². The average Bonchev–Trinajstić information content (AvgIpc) is 3.02. The van der Waals surface area contributed by atoms with Gasteiger partial charge in [-0.2, -0.15) is 0 Å². The maximum Gasteiger partial charge on any atom is 0.251 e. The SMILES string of the molecule is CCOc1ccc(C(=O)NC(C)c2cccs2)cc1OC. The molecule has 2 aromatic rings. The number of ether oxygens (including phenoxy) is 2. The summed E-state index contributed by atoms with van der Waals surface area (Å²) in [7, 11) is 1.56. The van der Waals surface area contributed by atoms with E-state index in [4.69, 9.17) is 9.47 Å². The van der Waals surface area contributed by atoms with Crippen LogP contribution in [0.1, 0.15) is 35.1 Å². The van der Waals surface area contributed by atoms with Gasteiger partial charge in [0.25, 0.3) is 5.91 Å². The van der Waals surface area contributed by atoms with Crippen molar-refractivity contribution in [3.8, 4) is 11.5 Å². The Hall–Kier alpha value is -2.01. The Kier molecular flexibility index (Phi) is 5.22. The van der Waals surface area contributed by atoms with Crippen LogP contribution >= 0.6 is 11.3 Å². The molecule has 0 aliphatic heterocycles. The number of carbonyl (C=O) groups is 1. The van der Waals surface area contributed by atoms with Crippen LogP contribution in [0.4, 0.5) is 0 Å². The Morgan fingerprint density at radius 1 is 1.33 bits per heavy atom. The van der Waals surface area contributed by atoms with Gasteiger partial charge in [-0.25, -0.2) is 0 Å². The molecule has 5 heteroatoms. The van der Waals surface area contributed by atoms with Gasteiger partial charge in [-0.15, -0.1) is 11.3 Å². The molecule has 1 heterocycles. The van der Waals surface area contributed by atoms with Crippen molar-refractivity contribution in [2.24, 2.45) is 0 Å². The molecule has 1 aromatic heterocycles. The van der Waals surface area contributed by atoms with Crippen molar-refractivity contribution in [2.45, 2.75) is 19.9 Å². The third-order valence-electron chi connectivity index (χ3n) is 3.04. The summed E-state index contributed by atoms with van der Waals surface area (Å²) in [5.41, 5.74) is 0.554. The zero-order chi connectivity index (χ0) is 15.2. The highest BCUT2D eigenvalue weighted by Crippen LogP contribution is 2.28. The first kappa shape index (κ1) is 15.4. The first-order chi connectivity index (χ1) is 10.2. The second-order valence-corrected chi connectivity index (χ2v) is 5.49. The molecule has 0 fully saturated rings. The Labute approximate surface area is 128 Å². The molecular weight excluding hydrogens is 286 g/mol. The first-order valence-electron chi connectivity index (χ1n) is 6.80. The molecule has 4 nitrogen and oxygen atoms in total. The van der Waals surface area contributed by atoms with Crippen LogP contribution < -0.4 is 14.8 Å². The average molecular weight is 305 g/mol. The number of hydrogen-bond acceptors (Lipinski definition) is 4. The maximum absolute atomic E-state index is 12.3. The van der Waals surface area contributed by atoms with E-state index in [0.29, 0.717) is 23.7 Å². The van der Waals surface area contributed by atoms with Gasteiger partial charge >= 0.3 is 0 Å². The van der Waals surface area contributed by atoms with Gasteiger partial charge < -0.3 is 14.8 Å². The number of benzene rings is 1. The number of amides is 1. The largest absolute Gasteiger partial charge is 0.493 e. The first-order valence-corrected chi connectivity index (χ1v) is 7.68. The molecule has 2 rings (SSSR count). The van der Waals surface area contributed by atoms with Crippen molar-refractivity contribution in [3.05, 3.63) is 46.2 Å². The van der Waals surface area contributed by atoms with E-state index in [0.717, 1.165) is 4.88 Å². The van der Waals surface area contributed by atoms with Crippen LogP contribution in [0.3, 0.4) is 0 Å². The molecule has 1 N–H and O–H groups in total. The molecule has 1 amide bonds. The van der Waals surface area contributed by atoms with Crippen LogP contribution in [0.2, 0.25) is 0 Å². The summed E-state index contributed by atoms with van der Waals surface area (Å²) in [5.74, 6) is 1.08. The number of thiophene rings is 1. The Bertz CT molecular complexity index is 596. The fourth-order valence-electron chi connectivity index (χ4n) is 1.97. The summed E-state index contributed by atoms with van der Waals surface area (Å²) >= 11 is 1.63. The summed E-state index contributed by atoms with van der Waals surface area (Å²) in [4.78, 5) is 13.4. The number of nitrogens with one attached hydrogen (secondary N) is 1. The molecule has 0 saturated heterocycles. The van der Waals surface area contributed by atoms with Gasteiger partial charge in [0.15, 0.2) is 11.5 Å². The summed E-state index contributed by atoms with van der Waals surface area (Å²) in [6.45, 7) is 4.43. The molecule has 1 atom stereocenters. The lowest BCUT2D eigenvalue weighted by Crippen LogP contribution is -2.26. The van der Waals surface area contributed by atoms with Gasteiger partial charge in [0.1, 0.15) is 0 Å². The molecule has 1 unspecified atom stereocenters. The van der Waals surface area contributed by atoms with E-state index in [2.05, 4.69) is 5.32 Å². The van der Waals surface area contributed by atoms with Crippen LogP contribution in [0.5, 0.6) is 11.5 Å². The zero-order valence-corrected chi connectivity index (χ0v) is 13.2. The Morgan fingerprint density at radius 3 is 2.76 bits per heavy atom. The predicted molar refractivity (Wildman–Crippen MR) is 84.4 cm³/mol. The van der Waals surface area contributed by atoms with E-state index in [1.54, 1.807) is 36.6 Å². The Balaban J connectivity index is 2.12. The van der Waals surface area contributed by atoms with Gasteiger partial charge in [0.05, 0.1) is 19.8 Å². The quantitative estimate of drug-likeness (QED) is 0.886. The van der Waals surface area contributed by atoms with Crippen molar-refractivity contribution in [3.63, 3.8) is 0 Å². The highest BCUT2D eigenvalue weighted by atomic mass is 32.1. The smallest absolute Gasteiger partial charge is 0.251 e. The number of hydrogen-bond donors (Lipinski definition) is 1. The fourth-order valence-corrected chi connectivity index (χ4v) is 2.71. The monoisotopic (exact) mass is 305 g/mol. The second kappa shape index (κ2) is 7.13. The number of methoxy groups -OCH3 is 1. The van der Waals surface area contributed by atoms with Gasteiger partial charge in [-0.05, 0) is 43.5 Å². The molecular formula is C16H19NO3S. The molecule has 0 bridgehead atoms. The van der Waals surface area contributed by atoms with Crippen LogP contribution in [0, 0.1) is 0 Å². The minimum absolute atomic E-state index is 0.0185. The van der Waals surface area contributed by atoms with Crippen LogP contribution in [-0.2, 0) is 0 Å². The van der Waals surface area contributed by atoms with Gasteiger partial charge in [-0.1, -0.05) is 6.07 Å². The minimum Gasteiger partial charge on any atom is -0.493 e. The molecule has 0 saturated carbocycles. The molecule has 0 aliphatic carbocycles. The van der Waals surface area contributed by atoms with Crippen LogP contribution in [0.25, 0.3) is 0 Å². The summed E-state index contributed by atoms with van der Waals surface area (Å²) in [6.07, 6.45) is 0. The van der Waals surface area contributed by atoms with E-state index < -0.39 is 0 Å². The lowest BCUT2D eigenvalue weighted by atomic mass is 10.1. The van der Waals surface area contributed by atoms with E-state index in [1.807, 2.05) is 31.4 Å². The topological polar surface area (TPSA) is 47.6 Å². The van der Waals surface area contributed by atoms with Crippen molar-refractivity contribution in [1.29, 1.82) is 0 Å². The minimum atomic E-state index is -0.128. The highest BCUT2D eigenvalue weighted by molar-refractivity contribution is 7.10. The fraction of sp³-hybridized carbons (Fsp3) is 0.312. The van der Waals surface area contributed by atoms with E-state index in [9.17, 15) is 4.79 Å². The molecule has 112 valence electrons. The van der Waals surface area contributed by atoms with Gasteiger partial charge in [-0.3, -0.25) is 4.79 Å². The maximum atomic E-state index is 12.3. The van der Waals surface area contributed by atoms with Crippen LogP contribution in [0.15, 0.2) is 35.7 Å². The van der Waals surface area contributed by atoms with Crippen molar-refractivity contribution < 1.29 is 14.3 Å². The standard InChI is InChI=1S/C16H19NO3S/c1-4-20-13-8-7-12(10-14(13)19-3)16(18)17-11(2)15-6-5-9-21-15/h5-11H,4H2,1-3H3,(H,17,18). The van der Waals surface area contributed by atoms with E-state index >= 15 is 0 Å². The molecule has 0 spiro atoms. The van der Waals surface area contributed by atoms with Crippen molar-refractivity contribution in [1.82, 2.24) is 5.32 Å². The predicted octanol–water partition coefficient (Wildman–Crippen LogP) is 3.65. The van der Waals surface area contributed by atoms with Gasteiger partial charge in [0, 0.05) is 10.4 Å². The number of rotatable bonds is 6. The molecule has 0 radical (unpaired) electrons. The summed E-state index contributed by atoms with van der Waals surface area (Å²) in [5, 5.41) is 4.97. The van der Waals surface area contributed by atoms with Crippen molar-refractivity contribution >= 4 is 17.2 Å². The zero-order valence-electron chi connectivity index (χ0n) is 12.4. The molecule has 21 heavy (non-hydrogen) atoms. The lowest BCUT2D eigenvalue weighted by Gasteiger charge is -2.14. The van der Waals surface area contributed by atoms with Crippen molar-refractivity contribution in [2.75, 3.05) is 13.7 Å². The van der Waals surface area contributed by atoms with Gasteiger partial charge in [0.2, 0.25) is 0 Å². The summed E-state index contributed by atoms with van der Waals surface area (Å²) in [6, 6.07) is 9.16. The summed E-state index contributed by atoms with van der Waals surface area (Å²) < 4.78 is 10.7. The normalized spacial score (nSPS) is 11.8. The van der Waals surface area contributed by atoms with E-state index in [-0.39, 0.29) is 11.9 Å². The third kappa shape index (κ3) is 3.76. The number of carbonyl (C=O) groups excluding carboxylic acids is 1. The molecule has 1 aromatic carbocycles.